The van der Waals surface area contributed by atoms with Gasteiger partial charge in [-0.05, 0) is 136 Å². The highest BCUT2D eigenvalue weighted by atomic mass is 79.9. The van der Waals surface area contributed by atoms with E-state index in [2.05, 4.69) is 22.9 Å². The smallest absolute Gasteiger partial charge is 0.323 e. The standard InChI is InChI=1S/C29H43BrO4/c1-4-33-23(31)29(24(32)34-5-2,16-26-10-19-6-20(11-26)9-25(26,3)8-19)17-27-12-21-7-22(13-27)15-28(27,14-21)18-30/h19-22H,4-18H2,1-3H3/t19-,20-,21-,22-,25?,26?,27?,28?/m0/s1. The van der Waals surface area contributed by atoms with Crippen molar-refractivity contribution in [3.8, 4) is 0 Å². The van der Waals surface area contributed by atoms with Crippen LogP contribution in [0.1, 0.15) is 97.8 Å². The Morgan fingerprint density at radius 1 is 0.735 bits per heavy atom. The van der Waals surface area contributed by atoms with Gasteiger partial charge in [0, 0.05) is 5.33 Å². The third-order valence-corrected chi connectivity index (χ3v) is 13.2. The van der Waals surface area contributed by atoms with Crippen LogP contribution in [0.2, 0.25) is 0 Å². The van der Waals surface area contributed by atoms with Crippen molar-refractivity contribution in [2.45, 2.75) is 97.8 Å². The van der Waals surface area contributed by atoms with Gasteiger partial charge in [-0.15, -0.1) is 0 Å². The topological polar surface area (TPSA) is 52.6 Å². The number of halogens is 1. The number of carbonyl (C=O) groups excluding carboxylic acids is 2. The second-order valence-electron chi connectivity index (χ2n) is 14.0. The fourth-order valence-electron chi connectivity index (χ4n) is 11.7. The molecule has 8 fully saturated rings. The monoisotopic (exact) mass is 534 g/mol. The number of hydrogen-bond donors (Lipinski definition) is 0. The summed E-state index contributed by atoms with van der Waals surface area (Å²) in [5.41, 5.74) is -0.560. The molecule has 0 unspecified atom stereocenters. The van der Waals surface area contributed by atoms with Gasteiger partial charge in [-0.3, -0.25) is 9.59 Å². The summed E-state index contributed by atoms with van der Waals surface area (Å²) in [4.78, 5) is 28.2. The average molecular weight is 536 g/mol. The van der Waals surface area contributed by atoms with Gasteiger partial charge in [-0.25, -0.2) is 0 Å². The maximum atomic E-state index is 14.1. The van der Waals surface area contributed by atoms with E-state index in [1.54, 1.807) is 0 Å². The minimum atomic E-state index is -1.16. The van der Waals surface area contributed by atoms with E-state index in [-0.39, 0.29) is 33.6 Å². The number of ether oxygens (including phenoxy) is 2. The number of esters is 2. The van der Waals surface area contributed by atoms with Crippen molar-refractivity contribution in [3.05, 3.63) is 0 Å². The van der Waals surface area contributed by atoms with Crippen LogP contribution in [0.3, 0.4) is 0 Å². The third kappa shape index (κ3) is 3.00. The fraction of sp³-hybridized carbons (Fsp3) is 0.931. The molecule has 0 saturated heterocycles. The minimum absolute atomic E-state index is 0.0524. The molecule has 4 atom stereocenters. The van der Waals surface area contributed by atoms with Gasteiger partial charge in [-0.2, -0.15) is 0 Å². The molecule has 5 heteroatoms. The summed E-state index contributed by atoms with van der Waals surface area (Å²) in [6.45, 7) is 6.85. The molecule has 34 heavy (non-hydrogen) atoms. The Morgan fingerprint density at radius 2 is 1.15 bits per heavy atom. The molecule has 0 aliphatic heterocycles. The normalized spacial score (nSPS) is 47.5. The SMILES string of the molecule is CCOC(=O)C(CC12C[C@H]3C[C@@H](CC1(C)C3)C2)(CC12C[C@@H]3C[C@H](CC1(CBr)C3)C2)C(=O)OCC. The molecule has 0 aromatic carbocycles. The summed E-state index contributed by atoms with van der Waals surface area (Å²) in [5.74, 6) is 2.46. The molecule has 0 radical (unpaired) electrons. The van der Waals surface area contributed by atoms with Crippen LogP contribution in [0, 0.1) is 50.7 Å². The maximum absolute atomic E-state index is 14.1. The molecule has 0 spiro atoms. The van der Waals surface area contributed by atoms with E-state index in [1.807, 2.05) is 13.8 Å². The van der Waals surface area contributed by atoms with Crippen molar-refractivity contribution in [3.63, 3.8) is 0 Å². The van der Waals surface area contributed by atoms with Crippen LogP contribution in [0.5, 0.6) is 0 Å². The zero-order valence-corrected chi connectivity index (χ0v) is 23.0. The van der Waals surface area contributed by atoms with Gasteiger partial charge >= 0.3 is 11.9 Å². The number of rotatable bonds is 9. The van der Waals surface area contributed by atoms with Gasteiger partial charge in [0.1, 0.15) is 0 Å². The molecule has 0 N–H and O–H groups in total. The number of alkyl halides is 1. The van der Waals surface area contributed by atoms with E-state index in [9.17, 15) is 9.59 Å². The lowest BCUT2D eigenvalue weighted by atomic mass is 9.54. The first kappa shape index (κ1) is 23.8. The molecule has 190 valence electrons. The van der Waals surface area contributed by atoms with Gasteiger partial charge in [0.15, 0.2) is 5.41 Å². The van der Waals surface area contributed by atoms with Crippen molar-refractivity contribution < 1.29 is 19.1 Å². The van der Waals surface area contributed by atoms with E-state index in [0.717, 1.165) is 29.0 Å². The van der Waals surface area contributed by atoms with Crippen LogP contribution < -0.4 is 0 Å². The van der Waals surface area contributed by atoms with E-state index in [1.165, 1.54) is 64.2 Å². The molecule has 8 rings (SSSR count). The summed E-state index contributed by atoms with van der Waals surface area (Å²) < 4.78 is 11.6. The Kier molecular flexibility index (Phi) is 5.40. The van der Waals surface area contributed by atoms with Crippen molar-refractivity contribution >= 4 is 27.9 Å². The highest BCUT2D eigenvalue weighted by Gasteiger charge is 2.72. The molecular weight excluding hydrogens is 492 g/mol. The highest BCUT2D eigenvalue weighted by Crippen LogP contribution is 2.78. The van der Waals surface area contributed by atoms with Crippen LogP contribution >= 0.6 is 15.9 Å². The molecule has 4 nitrogen and oxygen atoms in total. The van der Waals surface area contributed by atoms with Gasteiger partial charge in [-0.1, -0.05) is 22.9 Å². The van der Waals surface area contributed by atoms with Crippen molar-refractivity contribution in [2.75, 3.05) is 18.5 Å². The number of hydrogen-bond acceptors (Lipinski definition) is 4. The van der Waals surface area contributed by atoms with E-state index in [0.29, 0.717) is 26.1 Å². The second-order valence-corrected chi connectivity index (χ2v) is 14.5. The van der Waals surface area contributed by atoms with Crippen molar-refractivity contribution in [2.24, 2.45) is 50.7 Å². The van der Waals surface area contributed by atoms with E-state index >= 15 is 0 Å². The average Bonchev–Trinajstić information content (AvgIpc) is 3.27. The van der Waals surface area contributed by atoms with Gasteiger partial charge < -0.3 is 9.47 Å². The first-order valence-electron chi connectivity index (χ1n) is 14.1. The summed E-state index contributed by atoms with van der Waals surface area (Å²) in [7, 11) is 0. The first-order chi connectivity index (χ1) is 16.2. The minimum Gasteiger partial charge on any atom is -0.465 e. The Bertz CT molecular complexity index is 833. The lowest BCUT2D eigenvalue weighted by Gasteiger charge is -2.49. The highest BCUT2D eigenvalue weighted by molar-refractivity contribution is 9.09. The maximum Gasteiger partial charge on any atom is 0.323 e. The molecule has 8 aliphatic carbocycles. The largest absolute Gasteiger partial charge is 0.465 e. The van der Waals surface area contributed by atoms with Crippen LogP contribution in [0.4, 0.5) is 0 Å². The quantitative estimate of drug-likeness (QED) is 0.188. The first-order valence-corrected chi connectivity index (χ1v) is 15.2. The number of carbonyl (C=O) groups is 2. The summed E-state index contributed by atoms with van der Waals surface area (Å²) in [5, 5.41) is 0.988. The second kappa shape index (κ2) is 7.71. The van der Waals surface area contributed by atoms with Crippen LogP contribution in [-0.2, 0) is 19.1 Å². The molecule has 0 heterocycles. The molecule has 8 saturated carbocycles. The van der Waals surface area contributed by atoms with E-state index in [4.69, 9.17) is 9.47 Å². The van der Waals surface area contributed by atoms with Crippen LogP contribution in [0.25, 0.3) is 0 Å². The fourth-order valence-corrected chi connectivity index (χ4v) is 12.7. The molecule has 0 aromatic heterocycles. The summed E-state index contributed by atoms with van der Waals surface area (Å²) in [6.07, 6.45) is 13.7. The Labute approximate surface area is 213 Å². The molecular formula is C29H43BrO4. The molecule has 0 aromatic rings. The van der Waals surface area contributed by atoms with Crippen LogP contribution in [-0.4, -0.2) is 30.5 Å². The predicted molar refractivity (Wildman–Crippen MR) is 134 cm³/mol. The molecule has 8 aliphatic rings. The van der Waals surface area contributed by atoms with Gasteiger partial charge in [0.25, 0.3) is 0 Å². The predicted octanol–water partition coefficient (Wildman–Crippen LogP) is 6.69. The summed E-state index contributed by atoms with van der Waals surface area (Å²) in [6, 6.07) is 0. The molecule has 8 bridgehead atoms. The summed E-state index contributed by atoms with van der Waals surface area (Å²) >= 11 is 3.92. The van der Waals surface area contributed by atoms with Crippen molar-refractivity contribution in [1.82, 2.24) is 0 Å². The lowest BCUT2D eigenvalue weighted by molar-refractivity contribution is -0.181. The van der Waals surface area contributed by atoms with Crippen LogP contribution in [0.15, 0.2) is 0 Å². The zero-order valence-electron chi connectivity index (χ0n) is 21.4. The van der Waals surface area contributed by atoms with Crippen molar-refractivity contribution in [1.29, 1.82) is 0 Å². The van der Waals surface area contributed by atoms with E-state index < -0.39 is 5.41 Å². The lowest BCUT2D eigenvalue weighted by Crippen LogP contribution is -2.52. The van der Waals surface area contributed by atoms with Gasteiger partial charge in [0.05, 0.1) is 13.2 Å². The Morgan fingerprint density at radius 3 is 1.62 bits per heavy atom. The van der Waals surface area contributed by atoms with Gasteiger partial charge in [0.2, 0.25) is 0 Å². The Hall–Kier alpha value is -0.580. The zero-order chi connectivity index (χ0) is 24.0. The third-order valence-electron chi connectivity index (χ3n) is 12.2. The molecule has 0 amide bonds. The Balaban J connectivity index is 1.44.